The Morgan fingerprint density at radius 3 is 2.05 bits per heavy atom. The van der Waals surface area contributed by atoms with E-state index in [9.17, 15) is 9.59 Å². The zero-order valence-electron chi connectivity index (χ0n) is 23.4. The molecule has 2 atom stereocenters. The van der Waals surface area contributed by atoms with Crippen molar-refractivity contribution in [1.29, 1.82) is 0 Å². The second kappa shape index (κ2) is 12.6. The van der Waals surface area contributed by atoms with Gasteiger partial charge in [-0.1, -0.05) is 125 Å². The lowest BCUT2D eigenvalue weighted by molar-refractivity contribution is -0.124. The van der Waals surface area contributed by atoms with Gasteiger partial charge in [0.1, 0.15) is 6.61 Å². The largest absolute Gasteiger partial charge is 0.447 e. The highest BCUT2D eigenvalue weighted by atomic mass is 28.4. The summed E-state index contributed by atoms with van der Waals surface area (Å²) >= 11 is 0. The van der Waals surface area contributed by atoms with Gasteiger partial charge in [0.25, 0.3) is 14.2 Å². The molecule has 6 heteroatoms. The van der Waals surface area contributed by atoms with Gasteiger partial charge in [0, 0.05) is 6.61 Å². The third-order valence-electron chi connectivity index (χ3n) is 7.31. The number of ether oxygens (including phenoxy) is 1. The van der Waals surface area contributed by atoms with Crippen LogP contribution in [0, 0.1) is 5.92 Å². The Morgan fingerprint density at radius 1 is 0.974 bits per heavy atom. The SMILES string of the molecule is C[C@H](C/C=C/C(=O)N1C(=O)OC[C@H]1Cc1ccccc1)CO[Si](c1ccccc1)(c1ccccc1)C(C)(C)C. The summed E-state index contributed by atoms with van der Waals surface area (Å²) in [6.45, 7) is 9.72. The number of amides is 2. The molecule has 0 saturated carbocycles. The lowest BCUT2D eigenvalue weighted by Crippen LogP contribution is -2.66. The lowest BCUT2D eigenvalue weighted by atomic mass is 10.1. The van der Waals surface area contributed by atoms with Crippen LogP contribution < -0.4 is 10.4 Å². The first kappa shape index (κ1) is 28.5. The van der Waals surface area contributed by atoms with E-state index in [1.54, 1.807) is 0 Å². The second-order valence-corrected chi connectivity index (χ2v) is 15.7. The molecule has 1 heterocycles. The van der Waals surface area contributed by atoms with E-state index >= 15 is 0 Å². The average molecular weight is 542 g/mol. The summed E-state index contributed by atoms with van der Waals surface area (Å²) in [6, 6.07) is 30.7. The Kier molecular flexibility index (Phi) is 9.20. The predicted octanol–water partition coefficient (Wildman–Crippen LogP) is 5.74. The summed E-state index contributed by atoms with van der Waals surface area (Å²) in [5.41, 5.74) is 1.07. The number of allylic oxidation sites excluding steroid dienone is 1. The fraction of sp³-hybridized carbons (Fsp3) is 0.333. The molecule has 5 nitrogen and oxygen atoms in total. The van der Waals surface area contributed by atoms with Crippen LogP contribution in [-0.2, 0) is 20.4 Å². The molecule has 1 saturated heterocycles. The van der Waals surface area contributed by atoms with Gasteiger partial charge in [-0.25, -0.2) is 9.69 Å². The van der Waals surface area contributed by atoms with Crippen LogP contribution in [0.2, 0.25) is 5.04 Å². The minimum absolute atomic E-state index is 0.0922. The van der Waals surface area contributed by atoms with Crippen molar-refractivity contribution in [3.63, 3.8) is 0 Å². The molecule has 204 valence electrons. The first-order chi connectivity index (χ1) is 18.7. The molecule has 0 spiro atoms. The molecule has 0 aromatic heterocycles. The molecule has 39 heavy (non-hydrogen) atoms. The number of carbonyl (C=O) groups excluding carboxylic acids is 2. The van der Waals surface area contributed by atoms with Crippen molar-refractivity contribution in [2.24, 2.45) is 5.92 Å². The third-order valence-corrected chi connectivity index (χ3v) is 12.3. The maximum Gasteiger partial charge on any atom is 0.417 e. The Balaban J connectivity index is 1.44. The van der Waals surface area contributed by atoms with Crippen LogP contribution >= 0.6 is 0 Å². The highest BCUT2D eigenvalue weighted by Gasteiger charge is 2.50. The fourth-order valence-electron chi connectivity index (χ4n) is 5.35. The summed E-state index contributed by atoms with van der Waals surface area (Å²) in [7, 11) is -2.61. The van der Waals surface area contributed by atoms with Crippen LogP contribution in [0.1, 0.15) is 39.7 Å². The van der Waals surface area contributed by atoms with Gasteiger partial charge >= 0.3 is 6.09 Å². The molecule has 2 amide bonds. The number of hydrogen-bond donors (Lipinski definition) is 0. The first-order valence-electron chi connectivity index (χ1n) is 13.7. The number of cyclic esters (lactones) is 1. The van der Waals surface area contributed by atoms with Crippen molar-refractivity contribution < 1.29 is 18.8 Å². The molecule has 0 bridgehead atoms. The number of benzene rings is 3. The Morgan fingerprint density at radius 2 is 1.51 bits per heavy atom. The Labute approximate surface area is 233 Å². The van der Waals surface area contributed by atoms with Crippen molar-refractivity contribution in [3.05, 3.63) is 109 Å². The van der Waals surface area contributed by atoms with Crippen LogP contribution in [-0.4, -0.2) is 44.5 Å². The summed E-state index contributed by atoms with van der Waals surface area (Å²) in [5.74, 6) is -0.153. The van der Waals surface area contributed by atoms with E-state index in [2.05, 4.69) is 76.2 Å². The maximum absolute atomic E-state index is 13.0. The summed E-state index contributed by atoms with van der Waals surface area (Å²) < 4.78 is 12.2. The van der Waals surface area contributed by atoms with Gasteiger partial charge in [-0.05, 0) is 45.8 Å². The lowest BCUT2D eigenvalue weighted by Gasteiger charge is -2.43. The third kappa shape index (κ3) is 6.57. The summed E-state index contributed by atoms with van der Waals surface area (Å²) in [6.07, 6.45) is 4.02. The summed E-state index contributed by atoms with van der Waals surface area (Å²) in [5, 5.41) is 2.41. The first-order valence-corrected chi connectivity index (χ1v) is 15.6. The Bertz CT molecular complexity index is 1220. The molecule has 1 fully saturated rings. The van der Waals surface area contributed by atoms with E-state index in [1.807, 2.05) is 48.5 Å². The van der Waals surface area contributed by atoms with Crippen molar-refractivity contribution in [2.75, 3.05) is 13.2 Å². The monoisotopic (exact) mass is 541 g/mol. The number of carbonyl (C=O) groups is 2. The molecule has 0 N–H and O–H groups in total. The minimum Gasteiger partial charge on any atom is -0.447 e. The van der Waals surface area contributed by atoms with Crippen LogP contribution in [0.5, 0.6) is 0 Å². The van der Waals surface area contributed by atoms with Crippen LogP contribution in [0.15, 0.2) is 103 Å². The van der Waals surface area contributed by atoms with Gasteiger partial charge < -0.3 is 9.16 Å². The zero-order valence-corrected chi connectivity index (χ0v) is 24.4. The van der Waals surface area contributed by atoms with Crippen molar-refractivity contribution >= 4 is 30.7 Å². The normalized spacial score (nSPS) is 16.9. The maximum atomic E-state index is 13.0. The average Bonchev–Trinajstić information content (AvgIpc) is 3.29. The molecule has 0 radical (unpaired) electrons. The second-order valence-electron chi connectivity index (χ2n) is 11.3. The van der Waals surface area contributed by atoms with Gasteiger partial charge in [-0.15, -0.1) is 0 Å². The number of imide groups is 1. The van der Waals surface area contributed by atoms with E-state index in [1.165, 1.54) is 21.3 Å². The van der Waals surface area contributed by atoms with E-state index in [4.69, 9.17) is 9.16 Å². The molecule has 1 aliphatic heterocycles. The fourth-order valence-corrected chi connectivity index (χ4v) is 10.0. The van der Waals surface area contributed by atoms with E-state index in [0.29, 0.717) is 19.4 Å². The molecule has 4 rings (SSSR count). The highest BCUT2D eigenvalue weighted by Crippen LogP contribution is 2.37. The topological polar surface area (TPSA) is 55.8 Å². The van der Waals surface area contributed by atoms with Gasteiger partial charge in [0.05, 0.1) is 6.04 Å². The van der Waals surface area contributed by atoms with Crippen LogP contribution in [0.4, 0.5) is 4.79 Å². The van der Waals surface area contributed by atoms with Gasteiger partial charge in [-0.3, -0.25) is 4.79 Å². The predicted molar refractivity (Wildman–Crippen MR) is 159 cm³/mol. The molecule has 0 aliphatic carbocycles. The van der Waals surface area contributed by atoms with E-state index in [-0.39, 0.29) is 29.5 Å². The van der Waals surface area contributed by atoms with Gasteiger partial charge in [0.2, 0.25) is 0 Å². The van der Waals surface area contributed by atoms with Crippen molar-refractivity contribution in [1.82, 2.24) is 4.90 Å². The van der Waals surface area contributed by atoms with Crippen LogP contribution in [0.3, 0.4) is 0 Å². The zero-order chi connectivity index (χ0) is 27.9. The molecule has 3 aromatic rings. The summed E-state index contributed by atoms with van der Waals surface area (Å²) in [4.78, 5) is 26.5. The molecular weight excluding hydrogens is 502 g/mol. The highest BCUT2D eigenvalue weighted by molar-refractivity contribution is 6.99. The van der Waals surface area contributed by atoms with Gasteiger partial charge in [-0.2, -0.15) is 0 Å². The van der Waals surface area contributed by atoms with E-state index < -0.39 is 14.4 Å². The quantitative estimate of drug-likeness (QED) is 0.243. The van der Waals surface area contributed by atoms with Gasteiger partial charge in [0.15, 0.2) is 0 Å². The minimum atomic E-state index is -2.61. The molecule has 1 aliphatic rings. The molecule has 0 unspecified atom stereocenters. The van der Waals surface area contributed by atoms with Crippen molar-refractivity contribution in [3.8, 4) is 0 Å². The Hall–Kier alpha value is -3.48. The standard InChI is InChI=1S/C33H39NO4Si/c1-26(15-14-22-31(35)34-28(25-37-32(34)36)23-27-16-8-5-9-17-27)24-38-39(33(2,3)4,29-18-10-6-11-19-29)30-20-12-7-13-21-30/h5-14,16-22,26,28H,15,23-25H2,1-4H3/b22-14+/t26-,28-/m1/s1. The molecule has 3 aromatic carbocycles. The number of nitrogens with zero attached hydrogens (tertiary/aromatic N) is 1. The van der Waals surface area contributed by atoms with Crippen molar-refractivity contribution in [2.45, 2.75) is 51.6 Å². The smallest absolute Gasteiger partial charge is 0.417 e. The van der Waals surface area contributed by atoms with E-state index in [0.717, 1.165) is 5.56 Å². The number of rotatable bonds is 10. The number of hydrogen-bond acceptors (Lipinski definition) is 4. The van der Waals surface area contributed by atoms with Crippen LogP contribution in [0.25, 0.3) is 0 Å². The molecular formula is C33H39NO4Si.